The Morgan fingerprint density at radius 2 is 1.72 bits per heavy atom. The quantitative estimate of drug-likeness (QED) is 0.350. The number of hydrogen-bond acceptors (Lipinski definition) is 9. The van der Waals surface area contributed by atoms with Gasteiger partial charge in [-0.05, 0) is 66.0 Å². The molecule has 3 fully saturated rings. The van der Waals surface area contributed by atoms with Gasteiger partial charge in [0, 0.05) is 80.9 Å². The number of nitrogen functional groups attached to an aromatic ring is 1. The molecule has 6 rings (SSSR count). The molecule has 0 spiro atoms. The van der Waals surface area contributed by atoms with Gasteiger partial charge in [-0.15, -0.1) is 0 Å². The van der Waals surface area contributed by atoms with Crippen LogP contribution in [0.25, 0.3) is 0 Å². The van der Waals surface area contributed by atoms with Crippen LogP contribution in [0.4, 0.5) is 16.5 Å². The van der Waals surface area contributed by atoms with Crippen LogP contribution in [0.1, 0.15) is 56.0 Å². The van der Waals surface area contributed by atoms with E-state index in [1.54, 1.807) is 4.31 Å². The van der Waals surface area contributed by atoms with Crippen molar-refractivity contribution in [2.45, 2.75) is 45.4 Å². The molecule has 3 aromatic rings. The van der Waals surface area contributed by atoms with Crippen LogP contribution in [0, 0.1) is 16.7 Å². The van der Waals surface area contributed by atoms with Gasteiger partial charge in [-0.2, -0.15) is 8.68 Å². The van der Waals surface area contributed by atoms with Crippen molar-refractivity contribution >= 4 is 43.8 Å². The van der Waals surface area contributed by atoms with E-state index >= 15 is 0 Å². The van der Waals surface area contributed by atoms with Gasteiger partial charge < -0.3 is 15.5 Å². The molecule has 3 atom stereocenters. The van der Waals surface area contributed by atoms with E-state index in [1.165, 1.54) is 17.1 Å². The molecule has 0 radical (unpaired) electrons. The number of Topliss-reactive ketones (excluding diaryl/α,β-unsaturated/α-hetero) is 1. The van der Waals surface area contributed by atoms with Gasteiger partial charge in [0.25, 0.3) is 0 Å². The van der Waals surface area contributed by atoms with Crippen LogP contribution < -0.4 is 15.5 Å². The highest BCUT2D eigenvalue weighted by Gasteiger charge is 2.65. The maximum absolute atomic E-state index is 13.6. The minimum atomic E-state index is -3.57. The SMILES string of the molecule is CN(C)c1ccc(CC(c2ccc(N)cc2)c2nsc(N3CCN(S(=O)(=O)CC45CCC(CC4=O)C5(C)C)CC3)n2)cc1. The van der Waals surface area contributed by atoms with Crippen LogP contribution in [0.3, 0.4) is 0 Å². The van der Waals surface area contributed by atoms with Crippen molar-refractivity contribution in [2.75, 3.05) is 61.6 Å². The molecule has 3 aliphatic rings. The smallest absolute Gasteiger partial charge is 0.215 e. The first-order valence-corrected chi connectivity index (χ1v) is 17.5. The molecule has 1 saturated heterocycles. The molecule has 9 nitrogen and oxygen atoms in total. The normalized spacial score (nSPS) is 24.4. The molecule has 2 heterocycles. The largest absolute Gasteiger partial charge is 0.399 e. The number of nitrogens with two attached hydrogens (primary N) is 1. The highest BCUT2D eigenvalue weighted by atomic mass is 32.2. The lowest BCUT2D eigenvalue weighted by atomic mass is 9.70. The summed E-state index contributed by atoms with van der Waals surface area (Å²) in [5, 5.41) is 0.805. The third-order valence-electron chi connectivity index (χ3n) is 10.4. The molecule has 3 unspecified atom stereocenters. The summed E-state index contributed by atoms with van der Waals surface area (Å²) in [6.45, 7) is 6.02. The highest BCUT2D eigenvalue weighted by Crippen LogP contribution is 2.64. The van der Waals surface area contributed by atoms with Crippen molar-refractivity contribution in [1.82, 2.24) is 13.7 Å². The Labute approximate surface area is 259 Å². The lowest BCUT2D eigenvalue weighted by Gasteiger charge is -2.39. The summed E-state index contributed by atoms with van der Waals surface area (Å²) in [5.74, 6) is 1.09. The van der Waals surface area contributed by atoms with Gasteiger partial charge in [0.15, 0.2) is 5.82 Å². The first-order chi connectivity index (χ1) is 20.4. The zero-order valence-corrected chi connectivity index (χ0v) is 27.1. The van der Waals surface area contributed by atoms with E-state index in [2.05, 4.69) is 47.9 Å². The maximum Gasteiger partial charge on any atom is 0.215 e. The Bertz CT molecular complexity index is 1580. The number of benzene rings is 2. The molecule has 0 amide bonds. The van der Waals surface area contributed by atoms with Gasteiger partial charge in [-0.1, -0.05) is 38.1 Å². The number of rotatable bonds is 9. The Kier molecular flexibility index (Phi) is 7.79. The summed E-state index contributed by atoms with van der Waals surface area (Å²) < 4.78 is 33.6. The predicted molar refractivity (Wildman–Crippen MR) is 173 cm³/mol. The fourth-order valence-electron chi connectivity index (χ4n) is 7.42. The van der Waals surface area contributed by atoms with Crippen LogP contribution in [0.15, 0.2) is 48.5 Å². The number of nitrogens with zero attached hydrogens (tertiary/aromatic N) is 5. The van der Waals surface area contributed by atoms with Crippen molar-refractivity contribution in [3.8, 4) is 0 Å². The summed E-state index contributed by atoms with van der Waals surface area (Å²) >= 11 is 1.36. The molecule has 1 aliphatic heterocycles. The second-order valence-electron chi connectivity index (χ2n) is 13.2. The number of carbonyl (C=O) groups excluding carboxylic acids is 1. The van der Waals surface area contributed by atoms with E-state index in [0.717, 1.165) is 35.0 Å². The average molecular weight is 623 g/mol. The molecule has 2 saturated carbocycles. The molecule has 2 N–H and O–H groups in total. The van der Waals surface area contributed by atoms with Gasteiger partial charge in [-0.3, -0.25) is 4.79 Å². The number of sulfonamides is 1. The van der Waals surface area contributed by atoms with Crippen LogP contribution in [-0.2, 0) is 21.2 Å². The molecular formula is C32H42N6O3S2. The molecule has 2 bridgehead atoms. The molecule has 230 valence electrons. The molecule has 2 aliphatic carbocycles. The van der Waals surface area contributed by atoms with E-state index in [4.69, 9.17) is 15.1 Å². The average Bonchev–Trinajstić information content (AvgIpc) is 3.61. The first-order valence-electron chi connectivity index (χ1n) is 15.1. The fraction of sp³-hybridized carbons (Fsp3) is 0.531. The van der Waals surface area contributed by atoms with Crippen LogP contribution >= 0.6 is 11.5 Å². The summed E-state index contributed by atoms with van der Waals surface area (Å²) in [5.41, 5.74) is 9.13. The first kappa shape index (κ1) is 30.0. The number of anilines is 3. The van der Waals surface area contributed by atoms with E-state index < -0.39 is 15.4 Å². The molecule has 2 aromatic carbocycles. The second kappa shape index (κ2) is 11.2. The van der Waals surface area contributed by atoms with Crippen molar-refractivity contribution in [3.63, 3.8) is 0 Å². The minimum absolute atomic E-state index is 0.0423. The number of piperazine rings is 1. The molecule has 11 heteroatoms. The summed E-state index contributed by atoms with van der Waals surface area (Å²) in [6.07, 6.45) is 2.90. The van der Waals surface area contributed by atoms with Crippen LogP contribution in [-0.4, -0.2) is 73.9 Å². The standard InChI is InChI=1S/C32H42N6O3S2/c1-31(2)24-13-14-32(31,28(39)20-24)21-43(40,41)38-17-15-37(16-18-38)30-34-29(35-42-30)27(23-7-9-25(33)10-8-23)19-22-5-11-26(12-6-22)36(3)4/h5-12,24,27H,13-21,33H2,1-4H3. The maximum atomic E-state index is 13.6. The van der Waals surface area contributed by atoms with Crippen molar-refractivity contribution in [3.05, 3.63) is 65.5 Å². The monoisotopic (exact) mass is 622 g/mol. The summed E-state index contributed by atoms with van der Waals surface area (Å²) in [4.78, 5) is 22.2. The van der Waals surface area contributed by atoms with Gasteiger partial charge in [-0.25, -0.2) is 13.4 Å². The van der Waals surface area contributed by atoms with Gasteiger partial charge >= 0.3 is 0 Å². The number of fused-ring (bicyclic) bond motifs is 2. The lowest BCUT2D eigenvalue weighted by molar-refractivity contribution is -0.128. The summed E-state index contributed by atoms with van der Waals surface area (Å²) in [7, 11) is 0.490. The topological polar surface area (TPSA) is 113 Å². The van der Waals surface area contributed by atoms with Crippen LogP contribution in [0.5, 0.6) is 0 Å². The third-order valence-corrected chi connectivity index (χ3v) is 13.2. The predicted octanol–water partition coefficient (Wildman–Crippen LogP) is 4.41. The van der Waals surface area contributed by atoms with Crippen molar-refractivity contribution in [2.24, 2.45) is 16.7 Å². The van der Waals surface area contributed by atoms with Gasteiger partial charge in [0.05, 0.1) is 5.75 Å². The van der Waals surface area contributed by atoms with Gasteiger partial charge in [0.1, 0.15) is 5.78 Å². The molecule has 1 aromatic heterocycles. The zero-order valence-electron chi connectivity index (χ0n) is 25.5. The lowest BCUT2D eigenvalue weighted by Crippen LogP contribution is -2.52. The summed E-state index contributed by atoms with van der Waals surface area (Å²) in [6, 6.07) is 16.5. The molecular weight excluding hydrogens is 581 g/mol. The number of aromatic nitrogens is 2. The zero-order chi connectivity index (χ0) is 30.6. The van der Waals surface area contributed by atoms with E-state index in [9.17, 15) is 13.2 Å². The number of hydrogen-bond donors (Lipinski definition) is 1. The van der Waals surface area contributed by atoms with Crippen molar-refractivity contribution < 1.29 is 13.2 Å². The van der Waals surface area contributed by atoms with E-state index in [-0.39, 0.29) is 22.9 Å². The third kappa shape index (κ3) is 5.44. The Morgan fingerprint density at radius 1 is 1.05 bits per heavy atom. The number of ketones is 1. The van der Waals surface area contributed by atoms with Crippen molar-refractivity contribution in [1.29, 1.82) is 0 Å². The second-order valence-corrected chi connectivity index (χ2v) is 15.9. The molecule has 43 heavy (non-hydrogen) atoms. The van der Waals surface area contributed by atoms with Gasteiger partial charge in [0.2, 0.25) is 15.2 Å². The highest BCUT2D eigenvalue weighted by molar-refractivity contribution is 7.89. The Morgan fingerprint density at radius 3 is 2.30 bits per heavy atom. The fourth-order valence-corrected chi connectivity index (χ4v) is 10.4. The Balaban J connectivity index is 1.16. The van der Waals surface area contributed by atoms with E-state index in [0.29, 0.717) is 50.6 Å². The Hall–Kier alpha value is -3.02. The number of carbonyl (C=O) groups is 1. The minimum Gasteiger partial charge on any atom is -0.399 e. The van der Waals surface area contributed by atoms with E-state index in [1.807, 2.05) is 38.4 Å². The van der Waals surface area contributed by atoms with Crippen LogP contribution in [0.2, 0.25) is 0 Å².